The lowest BCUT2D eigenvalue weighted by molar-refractivity contribution is 0.109. The minimum absolute atomic E-state index is 0.0212. The Morgan fingerprint density at radius 1 is 0.900 bits per heavy atom. The van der Waals surface area contributed by atoms with Crippen molar-refractivity contribution in [2.24, 2.45) is 0 Å². The Hall–Kier alpha value is -2.27. The lowest BCUT2D eigenvalue weighted by Gasteiger charge is -2.47. The second kappa shape index (κ2) is 8.84. The van der Waals surface area contributed by atoms with E-state index >= 15 is 0 Å². The summed E-state index contributed by atoms with van der Waals surface area (Å²) in [7, 11) is -2.57. The number of aromatic nitrogens is 1. The van der Waals surface area contributed by atoms with Crippen molar-refractivity contribution in [1.29, 1.82) is 0 Å². The molecule has 2 aromatic carbocycles. The minimum atomic E-state index is -2.57. The van der Waals surface area contributed by atoms with Crippen molar-refractivity contribution >= 4 is 18.7 Å². The maximum Gasteiger partial charge on any atom is 0.261 e. The van der Waals surface area contributed by atoms with Gasteiger partial charge in [0.05, 0.1) is 12.1 Å². The monoisotopic (exact) mass is 416 g/mol. The zero-order chi connectivity index (χ0) is 21.0. The van der Waals surface area contributed by atoms with E-state index in [1.807, 2.05) is 18.5 Å². The molecule has 1 N–H and O–H groups in total. The van der Waals surface area contributed by atoms with Crippen LogP contribution in [0.2, 0.25) is 5.04 Å². The zero-order valence-electron chi connectivity index (χ0n) is 18.2. The highest BCUT2D eigenvalue weighted by Crippen LogP contribution is 2.40. The van der Waals surface area contributed by atoms with E-state index in [0.717, 1.165) is 19.4 Å². The Kier molecular flexibility index (Phi) is 6.18. The van der Waals surface area contributed by atoms with Gasteiger partial charge in [0.1, 0.15) is 0 Å². The largest absolute Gasteiger partial charge is 0.403 e. The van der Waals surface area contributed by atoms with E-state index < -0.39 is 8.32 Å². The molecule has 3 nitrogen and oxygen atoms in total. The predicted octanol–water partition coefficient (Wildman–Crippen LogP) is 4.45. The molecule has 2 heterocycles. The Bertz CT molecular complexity index is 886. The molecule has 4 heteroatoms. The van der Waals surface area contributed by atoms with Crippen molar-refractivity contribution in [3.8, 4) is 0 Å². The maximum atomic E-state index is 7.43. The van der Waals surface area contributed by atoms with E-state index in [-0.39, 0.29) is 17.2 Å². The van der Waals surface area contributed by atoms with Crippen LogP contribution in [-0.2, 0) is 4.43 Å². The van der Waals surface area contributed by atoms with E-state index in [4.69, 9.17) is 4.43 Å². The number of hydrogen-bond acceptors (Lipinski definition) is 3. The highest BCUT2D eigenvalue weighted by atomic mass is 28.4. The molecule has 2 atom stereocenters. The number of rotatable bonds is 5. The molecule has 0 unspecified atom stereocenters. The molecule has 4 rings (SSSR count). The molecule has 0 aliphatic carbocycles. The third-order valence-corrected chi connectivity index (χ3v) is 11.3. The molecule has 1 fully saturated rings. The highest BCUT2D eigenvalue weighted by molar-refractivity contribution is 6.99. The van der Waals surface area contributed by atoms with Crippen molar-refractivity contribution in [1.82, 2.24) is 10.3 Å². The second-order valence-electron chi connectivity index (χ2n) is 9.18. The number of hydrogen-bond donors (Lipinski definition) is 1. The summed E-state index contributed by atoms with van der Waals surface area (Å²) in [6.07, 6.45) is 6.10. The van der Waals surface area contributed by atoms with E-state index in [2.05, 4.69) is 97.8 Å². The van der Waals surface area contributed by atoms with Gasteiger partial charge in [-0.25, -0.2) is 0 Å². The first-order valence-corrected chi connectivity index (χ1v) is 12.9. The Labute approximate surface area is 181 Å². The number of benzene rings is 2. The van der Waals surface area contributed by atoms with Crippen LogP contribution < -0.4 is 15.7 Å². The summed E-state index contributed by atoms with van der Waals surface area (Å²) in [5.41, 5.74) is 1.21. The third kappa shape index (κ3) is 4.00. The fourth-order valence-electron chi connectivity index (χ4n) is 4.80. The molecular weight excluding hydrogens is 384 g/mol. The van der Waals surface area contributed by atoms with Gasteiger partial charge >= 0.3 is 0 Å². The summed E-state index contributed by atoms with van der Waals surface area (Å²) < 4.78 is 7.43. The molecule has 0 saturated carbocycles. The van der Waals surface area contributed by atoms with Gasteiger partial charge in [0.2, 0.25) is 0 Å². The average Bonchev–Trinajstić information content (AvgIpc) is 2.79. The lowest BCUT2D eigenvalue weighted by Crippen LogP contribution is -2.68. The molecule has 0 spiro atoms. The first-order chi connectivity index (χ1) is 14.5. The smallest absolute Gasteiger partial charge is 0.261 e. The Balaban J connectivity index is 1.84. The van der Waals surface area contributed by atoms with Crippen LogP contribution in [0, 0.1) is 0 Å². The molecule has 1 aromatic heterocycles. The van der Waals surface area contributed by atoms with Gasteiger partial charge in [0.15, 0.2) is 0 Å². The molecule has 1 aliphatic rings. The molecule has 0 radical (unpaired) electrons. The van der Waals surface area contributed by atoms with Crippen LogP contribution in [0.5, 0.6) is 0 Å². The zero-order valence-corrected chi connectivity index (χ0v) is 19.2. The van der Waals surface area contributed by atoms with E-state index in [0.29, 0.717) is 0 Å². The summed E-state index contributed by atoms with van der Waals surface area (Å²) in [5.74, 6) is 0. The van der Waals surface area contributed by atoms with Crippen molar-refractivity contribution < 1.29 is 4.43 Å². The van der Waals surface area contributed by atoms with Crippen molar-refractivity contribution in [3.05, 3.63) is 90.8 Å². The van der Waals surface area contributed by atoms with Crippen LogP contribution in [0.3, 0.4) is 0 Å². The first-order valence-electron chi connectivity index (χ1n) is 10.9. The predicted molar refractivity (Wildman–Crippen MR) is 127 cm³/mol. The third-order valence-electron chi connectivity index (χ3n) is 6.19. The molecule has 0 amide bonds. The van der Waals surface area contributed by atoms with Crippen LogP contribution in [-0.4, -0.2) is 26.0 Å². The fourth-order valence-corrected chi connectivity index (χ4v) is 9.52. The average molecular weight is 417 g/mol. The van der Waals surface area contributed by atoms with Crippen LogP contribution in [0.1, 0.15) is 45.2 Å². The summed E-state index contributed by atoms with van der Waals surface area (Å²) in [6, 6.07) is 26.2. The standard InChI is InChI=1S/C26H32N2OSi/c1-26(2,3)30(22-13-6-4-7-14-22,23-15-8-5-9-16-23)29-24-17-11-19-28-25(24)21-12-10-18-27-20-21/h4-10,12-16,18,20,24-25,28H,11,17,19H2,1-3H3/t24-,25+/m0/s1. The minimum Gasteiger partial charge on any atom is -0.403 e. The van der Waals surface area contributed by atoms with Gasteiger partial charge in [0, 0.05) is 12.4 Å². The van der Waals surface area contributed by atoms with Crippen molar-refractivity contribution in [3.63, 3.8) is 0 Å². The SMILES string of the molecule is CC(C)(C)[Si](O[C@H]1CCCN[C@@H]1c1cccnc1)(c1ccccc1)c1ccccc1. The van der Waals surface area contributed by atoms with Gasteiger partial charge < -0.3 is 9.74 Å². The van der Waals surface area contributed by atoms with Crippen molar-refractivity contribution in [2.75, 3.05) is 6.54 Å². The normalized spacial score (nSPS) is 20.1. The quantitative estimate of drug-likeness (QED) is 0.624. The Morgan fingerprint density at radius 3 is 2.07 bits per heavy atom. The van der Waals surface area contributed by atoms with Gasteiger partial charge in [-0.05, 0) is 46.4 Å². The molecular formula is C26H32N2OSi. The van der Waals surface area contributed by atoms with Gasteiger partial charge in [-0.3, -0.25) is 4.98 Å². The Morgan fingerprint density at radius 2 is 1.53 bits per heavy atom. The highest BCUT2D eigenvalue weighted by Gasteiger charge is 2.52. The van der Waals surface area contributed by atoms with Crippen LogP contribution in [0.25, 0.3) is 0 Å². The number of nitrogens with zero attached hydrogens (tertiary/aromatic N) is 1. The van der Waals surface area contributed by atoms with Crippen LogP contribution in [0.4, 0.5) is 0 Å². The molecule has 3 aromatic rings. The number of pyridine rings is 1. The number of piperidine rings is 1. The fraction of sp³-hybridized carbons (Fsp3) is 0.346. The summed E-state index contributed by atoms with van der Waals surface area (Å²) in [4.78, 5) is 4.37. The molecule has 156 valence electrons. The molecule has 30 heavy (non-hydrogen) atoms. The summed E-state index contributed by atoms with van der Waals surface area (Å²) in [5, 5.41) is 6.36. The topological polar surface area (TPSA) is 34.1 Å². The lowest BCUT2D eigenvalue weighted by atomic mass is 9.96. The van der Waals surface area contributed by atoms with E-state index in [1.54, 1.807) is 0 Å². The van der Waals surface area contributed by atoms with E-state index in [9.17, 15) is 0 Å². The molecule has 1 saturated heterocycles. The molecule has 0 bridgehead atoms. The second-order valence-corrected chi connectivity index (χ2v) is 13.4. The van der Waals surface area contributed by atoms with Gasteiger partial charge in [0.25, 0.3) is 8.32 Å². The number of nitrogens with one attached hydrogen (secondary N) is 1. The van der Waals surface area contributed by atoms with Crippen LogP contribution >= 0.6 is 0 Å². The van der Waals surface area contributed by atoms with Gasteiger partial charge in [-0.1, -0.05) is 87.5 Å². The maximum absolute atomic E-state index is 7.43. The van der Waals surface area contributed by atoms with Crippen molar-refractivity contribution in [2.45, 2.75) is 50.8 Å². The van der Waals surface area contributed by atoms with Gasteiger partial charge in [-0.2, -0.15) is 0 Å². The van der Waals surface area contributed by atoms with Gasteiger partial charge in [-0.15, -0.1) is 0 Å². The summed E-state index contributed by atoms with van der Waals surface area (Å²) >= 11 is 0. The summed E-state index contributed by atoms with van der Waals surface area (Å²) in [6.45, 7) is 8.04. The van der Waals surface area contributed by atoms with E-state index in [1.165, 1.54) is 15.9 Å². The first kappa shape index (κ1) is 21.0. The molecule has 1 aliphatic heterocycles. The van der Waals surface area contributed by atoms with Crippen LogP contribution in [0.15, 0.2) is 85.2 Å².